The minimum Gasteiger partial charge on any atom is -0.207 e. The zero-order valence-corrected chi connectivity index (χ0v) is 10.3. The summed E-state index contributed by atoms with van der Waals surface area (Å²) in [6.45, 7) is 0. The molecule has 0 saturated heterocycles. The van der Waals surface area contributed by atoms with Gasteiger partial charge in [0.25, 0.3) is 0 Å². The van der Waals surface area contributed by atoms with Crippen molar-refractivity contribution < 1.29 is 4.39 Å². The summed E-state index contributed by atoms with van der Waals surface area (Å²) in [7, 11) is 0. The number of rotatable bonds is 2. The van der Waals surface area contributed by atoms with Gasteiger partial charge in [-0.15, -0.1) is 0 Å². The number of halogens is 2. The highest BCUT2D eigenvalue weighted by atomic mass is 79.9. The minimum absolute atomic E-state index is 0.112. The molecule has 0 heterocycles. The molecule has 1 aliphatic carbocycles. The zero-order chi connectivity index (χ0) is 10.7. The summed E-state index contributed by atoms with van der Waals surface area (Å²) in [6, 6.07) is 7.01. The second kappa shape index (κ2) is 5.11. The van der Waals surface area contributed by atoms with Crippen LogP contribution in [0.4, 0.5) is 4.39 Å². The number of hydrogen-bond acceptors (Lipinski definition) is 0. The molecule has 1 aromatic carbocycles. The summed E-state index contributed by atoms with van der Waals surface area (Å²) in [5.74, 6) is 0.614. The van der Waals surface area contributed by atoms with Gasteiger partial charge in [0.15, 0.2) is 0 Å². The molecule has 2 unspecified atom stereocenters. The van der Waals surface area contributed by atoms with E-state index in [0.29, 0.717) is 4.83 Å². The van der Waals surface area contributed by atoms with Crippen LogP contribution in [0.25, 0.3) is 0 Å². The van der Waals surface area contributed by atoms with Gasteiger partial charge >= 0.3 is 0 Å². The van der Waals surface area contributed by atoms with Crippen LogP contribution in [0.1, 0.15) is 31.2 Å². The van der Waals surface area contributed by atoms with Gasteiger partial charge in [0.1, 0.15) is 5.82 Å². The van der Waals surface area contributed by atoms with Crippen molar-refractivity contribution >= 4 is 15.9 Å². The largest absolute Gasteiger partial charge is 0.207 e. The fraction of sp³-hybridized carbons (Fsp3) is 0.538. The summed E-state index contributed by atoms with van der Waals surface area (Å²) >= 11 is 3.68. The Morgan fingerprint density at radius 3 is 2.93 bits per heavy atom. The standard InChI is InChI=1S/C13H16BrF/c14-12-5-1-3-10(8-12)7-11-4-2-6-13(15)9-11/h2,4,6,9-10,12H,1,3,5,7-8H2. The molecule has 2 atom stereocenters. The molecule has 0 aromatic heterocycles. The van der Waals surface area contributed by atoms with E-state index in [-0.39, 0.29) is 5.82 Å². The first kappa shape index (κ1) is 11.1. The molecule has 2 rings (SSSR count). The van der Waals surface area contributed by atoms with Crippen molar-refractivity contribution in [2.75, 3.05) is 0 Å². The van der Waals surface area contributed by atoms with E-state index in [1.807, 2.05) is 6.07 Å². The highest BCUT2D eigenvalue weighted by Crippen LogP contribution is 2.31. The van der Waals surface area contributed by atoms with Gasteiger partial charge in [-0.05, 0) is 42.9 Å². The van der Waals surface area contributed by atoms with E-state index in [2.05, 4.69) is 15.9 Å². The molecule has 2 heteroatoms. The van der Waals surface area contributed by atoms with Gasteiger partial charge in [-0.25, -0.2) is 4.39 Å². The predicted octanol–water partition coefficient (Wildman–Crippen LogP) is 4.32. The van der Waals surface area contributed by atoms with Gasteiger partial charge in [0.05, 0.1) is 0 Å². The molecule has 0 nitrogen and oxygen atoms in total. The van der Waals surface area contributed by atoms with Crippen LogP contribution >= 0.6 is 15.9 Å². The van der Waals surface area contributed by atoms with E-state index in [1.54, 1.807) is 12.1 Å². The van der Waals surface area contributed by atoms with Crippen LogP contribution < -0.4 is 0 Å². The topological polar surface area (TPSA) is 0 Å². The van der Waals surface area contributed by atoms with E-state index in [0.717, 1.165) is 17.9 Å². The SMILES string of the molecule is Fc1cccc(CC2CCCC(Br)C2)c1. The molecule has 0 bridgehead atoms. The smallest absolute Gasteiger partial charge is 0.123 e. The van der Waals surface area contributed by atoms with Crippen molar-refractivity contribution in [2.24, 2.45) is 5.92 Å². The molecule has 0 radical (unpaired) electrons. The minimum atomic E-state index is -0.112. The van der Waals surface area contributed by atoms with Crippen molar-refractivity contribution in [3.05, 3.63) is 35.6 Å². The van der Waals surface area contributed by atoms with Crippen LogP contribution in [-0.2, 0) is 6.42 Å². The average Bonchev–Trinajstić information content (AvgIpc) is 2.17. The van der Waals surface area contributed by atoms with Crippen LogP contribution in [0, 0.1) is 11.7 Å². The fourth-order valence-electron chi connectivity index (χ4n) is 2.41. The first-order valence-electron chi connectivity index (χ1n) is 5.62. The average molecular weight is 271 g/mol. The lowest BCUT2D eigenvalue weighted by Crippen LogP contribution is -2.17. The van der Waals surface area contributed by atoms with Gasteiger partial charge in [0, 0.05) is 4.83 Å². The Labute approximate surface area is 99.0 Å². The number of benzene rings is 1. The monoisotopic (exact) mass is 270 g/mol. The van der Waals surface area contributed by atoms with Gasteiger partial charge < -0.3 is 0 Å². The third-order valence-corrected chi connectivity index (χ3v) is 3.96. The molecule has 15 heavy (non-hydrogen) atoms. The maximum Gasteiger partial charge on any atom is 0.123 e. The zero-order valence-electron chi connectivity index (χ0n) is 8.76. The van der Waals surface area contributed by atoms with Crippen LogP contribution in [0.5, 0.6) is 0 Å². The molecule has 1 saturated carbocycles. The second-order valence-electron chi connectivity index (χ2n) is 4.46. The molecule has 1 fully saturated rings. The second-order valence-corrected chi connectivity index (χ2v) is 5.76. The van der Waals surface area contributed by atoms with Crippen molar-refractivity contribution in [1.82, 2.24) is 0 Å². The van der Waals surface area contributed by atoms with E-state index >= 15 is 0 Å². The van der Waals surface area contributed by atoms with Gasteiger partial charge in [0.2, 0.25) is 0 Å². The normalized spacial score (nSPS) is 26.5. The predicted molar refractivity (Wildman–Crippen MR) is 64.8 cm³/mol. The van der Waals surface area contributed by atoms with E-state index in [1.165, 1.54) is 31.7 Å². The Hall–Kier alpha value is -0.370. The first-order valence-corrected chi connectivity index (χ1v) is 6.54. The molecule has 0 amide bonds. The third-order valence-electron chi connectivity index (χ3n) is 3.13. The lowest BCUT2D eigenvalue weighted by molar-refractivity contribution is 0.367. The maximum atomic E-state index is 13.0. The summed E-state index contributed by atoms with van der Waals surface area (Å²) in [4.78, 5) is 0.671. The fourth-order valence-corrected chi connectivity index (χ4v) is 3.26. The Morgan fingerprint density at radius 1 is 1.33 bits per heavy atom. The summed E-state index contributed by atoms with van der Waals surface area (Å²) < 4.78 is 13.0. The molecule has 82 valence electrons. The highest BCUT2D eigenvalue weighted by Gasteiger charge is 2.20. The summed E-state index contributed by atoms with van der Waals surface area (Å²) in [5, 5.41) is 0. The third kappa shape index (κ3) is 3.30. The highest BCUT2D eigenvalue weighted by molar-refractivity contribution is 9.09. The van der Waals surface area contributed by atoms with E-state index < -0.39 is 0 Å². The lowest BCUT2D eigenvalue weighted by Gasteiger charge is -2.25. The molecular formula is C13H16BrF. The van der Waals surface area contributed by atoms with E-state index in [9.17, 15) is 4.39 Å². The molecule has 0 spiro atoms. The van der Waals surface area contributed by atoms with Crippen molar-refractivity contribution in [3.63, 3.8) is 0 Å². The Kier molecular flexibility index (Phi) is 3.79. The Bertz CT molecular complexity index is 324. The molecule has 1 aliphatic rings. The molecular weight excluding hydrogens is 255 g/mol. The summed E-state index contributed by atoms with van der Waals surface area (Å²) in [6.07, 6.45) is 6.14. The first-order chi connectivity index (χ1) is 7.24. The van der Waals surface area contributed by atoms with Gasteiger partial charge in [-0.1, -0.05) is 40.9 Å². The van der Waals surface area contributed by atoms with Gasteiger partial charge in [-0.3, -0.25) is 0 Å². The van der Waals surface area contributed by atoms with Crippen LogP contribution in [0.2, 0.25) is 0 Å². The Morgan fingerprint density at radius 2 is 2.20 bits per heavy atom. The Balaban J connectivity index is 1.96. The lowest BCUT2D eigenvalue weighted by atomic mass is 9.85. The number of hydrogen-bond donors (Lipinski definition) is 0. The van der Waals surface area contributed by atoms with E-state index in [4.69, 9.17) is 0 Å². The summed E-state index contributed by atoms with van der Waals surface area (Å²) in [5.41, 5.74) is 1.14. The van der Waals surface area contributed by atoms with Crippen LogP contribution in [-0.4, -0.2) is 4.83 Å². The molecule has 0 N–H and O–H groups in total. The maximum absolute atomic E-state index is 13.0. The molecule has 1 aromatic rings. The van der Waals surface area contributed by atoms with Gasteiger partial charge in [-0.2, -0.15) is 0 Å². The quantitative estimate of drug-likeness (QED) is 0.703. The molecule has 0 aliphatic heterocycles. The number of alkyl halides is 1. The van der Waals surface area contributed by atoms with Crippen LogP contribution in [0.15, 0.2) is 24.3 Å². The van der Waals surface area contributed by atoms with Crippen LogP contribution in [0.3, 0.4) is 0 Å². The van der Waals surface area contributed by atoms with Crippen molar-refractivity contribution in [3.8, 4) is 0 Å². The van der Waals surface area contributed by atoms with Crippen molar-refractivity contribution in [2.45, 2.75) is 36.9 Å². The van der Waals surface area contributed by atoms with Crippen molar-refractivity contribution in [1.29, 1.82) is 0 Å².